The minimum absolute atomic E-state index is 0. The summed E-state index contributed by atoms with van der Waals surface area (Å²) in [4.78, 5) is 17.8. The van der Waals surface area contributed by atoms with Gasteiger partial charge in [-0.05, 0) is 74.6 Å². The smallest absolute Gasteiger partial charge is 0.223 e. The maximum absolute atomic E-state index is 12.9. The van der Waals surface area contributed by atoms with Gasteiger partial charge in [0.15, 0.2) is 0 Å². The van der Waals surface area contributed by atoms with E-state index in [1.807, 2.05) is 0 Å². The molecule has 0 radical (unpaired) electrons. The largest absolute Gasteiger partial charge is 0.337 e. The molecule has 1 amide bonds. The Morgan fingerprint density at radius 3 is 2.43 bits per heavy atom. The van der Waals surface area contributed by atoms with Gasteiger partial charge in [-0.25, -0.2) is 0 Å². The zero-order chi connectivity index (χ0) is 18.3. The summed E-state index contributed by atoms with van der Waals surface area (Å²) in [6, 6.07) is 8.97. The summed E-state index contributed by atoms with van der Waals surface area (Å²) >= 11 is 0. The lowest BCUT2D eigenvalue weighted by atomic mass is 9.68. The maximum atomic E-state index is 12.9. The Morgan fingerprint density at radius 1 is 1.00 bits per heavy atom. The fourth-order valence-electron chi connectivity index (χ4n) is 5.91. The second-order valence-corrected chi connectivity index (χ2v) is 9.79. The van der Waals surface area contributed by atoms with E-state index in [1.165, 1.54) is 76.6 Å². The van der Waals surface area contributed by atoms with Crippen molar-refractivity contribution in [2.45, 2.75) is 69.7 Å². The van der Waals surface area contributed by atoms with Gasteiger partial charge in [0, 0.05) is 31.5 Å². The summed E-state index contributed by atoms with van der Waals surface area (Å²) < 4.78 is 0. The molecular weight excluding hydrogens is 368 g/mol. The molecule has 154 valence electrons. The lowest BCUT2D eigenvalue weighted by Gasteiger charge is -2.49. The minimum atomic E-state index is 0. The van der Waals surface area contributed by atoms with Gasteiger partial charge in [-0.1, -0.05) is 37.1 Å². The number of piperidine rings is 1. The lowest BCUT2D eigenvalue weighted by molar-refractivity contribution is -0.134. The molecule has 1 aromatic rings. The van der Waals surface area contributed by atoms with Gasteiger partial charge in [-0.15, -0.1) is 12.4 Å². The Kier molecular flexibility index (Phi) is 6.04. The third-order valence-corrected chi connectivity index (χ3v) is 7.76. The Hall–Kier alpha value is -1.06. The Bertz CT molecular complexity index is 688. The van der Waals surface area contributed by atoms with Crippen LogP contribution in [0.1, 0.15) is 68.9 Å². The predicted molar refractivity (Wildman–Crippen MR) is 116 cm³/mol. The summed E-state index contributed by atoms with van der Waals surface area (Å²) in [5, 5.41) is 0. The zero-order valence-corrected chi connectivity index (χ0v) is 17.9. The van der Waals surface area contributed by atoms with Gasteiger partial charge in [-0.2, -0.15) is 0 Å². The predicted octanol–water partition coefficient (Wildman–Crippen LogP) is 4.77. The molecule has 1 aromatic carbocycles. The van der Waals surface area contributed by atoms with Crippen LogP contribution in [-0.4, -0.2) is 41.9 Å². The molecule has 0 unspecified atom stereocenters. The molecule has 0 bridgehead atoms. The van der Waals surface area contributed by atoms with Crippen LogP contribution in [0.5, 0.6) is 0 Å². The number of nitrogens with zero attached hydrogens (tertiary/aromatic N) is 2. The summed E-state index contributed by atoms with van der Waals surface area (Å²) in [6.45, 7) is 5.50. The number of carbonyl (C=O) groups is 1. The van der Waals surface area contributed by atoms with Crippen molar-refractivity contribution < 1.29 is 4.79 Å². The molecule has 0 aromatic heterocycles. The number of benzene rings is 1. The second kappa shape index (κ2) is 8.36. The van der Waals surface area contributed by atoms with E-state index in [0.29, 0.717) is 11.8 Å². The van der Waals surface area contributed by atoms with E-state index in [1.54, 1.807) is 5.56 Å². The van der Waals surface area contributed by atoms with E-state index < -0.39 is 0 Å². The Labute approximate surface area is 176 Å². The molecule has 1 saturated heterocycles. The Morgan fingerprint density at radius 2 is 1.71 bits per heavy atom. The normalized spacial score (nSPS) is 24.8. The molecule has 2 aliphatic carbocycles. The van der Waals surface area contributed by atoms with Crippen molar-refractivity contribution in [1.82, 2.24) is 9.80 Å². The first-order valence-electron chi connectivity index (χ1n) is 11.3. The molecule has 2 aliphatic heterocycles. The highest BCUT2D eigenvalue weighted by Gasteiger charge is 2.43. The summed E-state index contributed by atoms with van der Waals surface area (Å²) in [5.74, 6) is 2.02. The summed E-state index contributed by atoms with van der Waals surface area (Å²) in [5.41, 5.74) is 3.14. The Balaban J connectivity index is 0.00000192. The molecular formula is C24H35ClN2O. The molecule has 0 N–H and O–H groups in total. The van der Waals surface area contributed by atoms with E-state index in [-0.39, 0.29) is 17.8 Å². The van der Waals surface area contributed by atoms with E-state index >= 15 is 0 Å². The molecule has 1 spiro atoms. The molecule has 4 heteroatoms. The van der Waals surface area contributed by atoms with E-state index in [2.05, 4.69) is 34.1 Å². The number of halogens is 1. The number of hydrogen-bond donors (Lipinski definition) is 0. The van der Waals surface area contributed by atoms with Gasteiger partial charge in [-0.3, -0.25) is 4.79 Å². The van der Waals surface area contributed by atoms with Crippen molar-refractivity contribution in [2.24, 2.45) is 11.8 Å². The number of hydrogen-bond acceptors (Lipinski definition) is 2. The van der Waals surface area contributed by atoms with Gasteiger partial charge in [0.2, 0.25) is 5.91 Å². The average molecular weight is 403 g/mol. The van der Waals surface area contributed by atoms with Gasteiger partial charge < -0.3 is 9.80 Å². The SMILES string of the molecule is Cl.O=C(CC1CC1)N1Cc2ccccc2C2(CCN(CC3CCCC3)CC2)C1. The van der Waals surface area contributed by atoms with Crippen LogP contribution in [0.3, 0.4) is 0 Å². The molecule has 3 nitrogen and oxygen atoms in total. The number of carbonyl (C=O) groups excluding carboxylic acids is 1. The summed E-state index contributed by atoms with van der Waals surface area (Å²) in [6.07, 6.45) is 11.5. The van der Waals surface area contributed by atoms with Crippen LogP contribution in [0.4, 0.5) is 0 Å². The van der Waals surface area contributed by atoms with Gasteiger partial charge in [0.1, 0.15) is 0 Å². The van der Waals surface area contributed by atoms with E-state index in [0.717, 1.165) is 25.4 Å². The first-order valence-corrected chi connectivity index (χ1v) is 11.3. The van der Waals surface area contributed by atoms with Crippen molar-refractivity contribution in [3.05, 3.63) is 35.4 Å². The number of amides is 1. The van der Waals surface area contributed by atoms with Crippen molar-refractivity contribution >= 4 is 18.3 Å². The summed E-state index contributed by atoms with van der Waals surface area (Å²) in [7, 11) is 0. The highest BCUT2D eigenvalue weighted by Crippen LogP contribution is 2.43. The average Bonchev–Trinajstić information content (AvgIpc) is 3.36. The topological polar surface area (TPSA) is 23.6 Å². The van der Waals surface area contributed by atoms with Crippen LogP contribution in [0.25, 0.3) is 0 Å². The van der Waals surface area contributed by atoms with Crippen LogP contribution in [0, 0.1) is 11.8 Å². The molecule has 3 fully saturated rings. The third-order valence-electron chi connectivity index (χ3n) is 7.76. The number of likely N-dealkylation sites (tertiary alicyclic amines) is 1. The molecule has 28 heavy (non-hydrogen) atoms. The first-order chi connectivity index (χ1) is 13.2. The third kappa shape index (κ3) is 4.11. The van der Waals surface area contributed by atoms with Crippen molar-refractivity contribution in [3.8, 4) is 0 Å². The lowest BCUT2D eigenvalue weighted by Crippen LogP contribution is -2.53. The highest BCUT2D eigenvalue weighted by atomic mass is 35.5. The minimum Gasteiger partial charge on any atom is -0.337 e. The van der Waals surface area contributed by atoms with E-state index in [9.17, 15) is 4.79 Å². The maximum Gasteiger partial charge on any atom is 0.223 e. The van der Waals surface area contributed by atoms with Gasteiger partial charge >= 0.3 is 0 Å². The van der Waals surface area contributed by atoms with Crippen LogP contribution in [-0.2, 0) is 16.8 Å². The zero-order valence-electron chi connectivity index (χ0n) is 17.1. The molecule has 2 heterocycles. The fraction of sp³-hybridized carbons (Fsp3) is 0.708. The van der Waals surface area contributed by atoms with Crippen LogP contribution in [0.15, 0.2) is 24.3 Å². The van der Waals surface area contributed by atoms with Gasteiger partial charge in [0.25, 0.3) is 0 Å². The van der Waals surface area contributed by atoms with Crippen LogP contribution in [0.2, 0.25) is 0 Å². The molecule has 0 atom stereocenters. The second-order valence-electron chi connectivity index (χ2n) is 9.79. The van der Waals surface area contributed by atoms with Crippen molar-refractivity contribution in [1.29, 1.82) is 0 Å². The van der Waals surface area contributed by atoms with Gasteiger partial charge in [0.05, 0.1) is 0 Å². The fourth-order valence-corrected chi connectivity index (χ4v) is 5.91. The number of rotatable bonds is 4. The molecule has 5 rings (SSSR count). The first kappa shape index (κ1) is 20.2. The molecule has 2 saturated carbocycles. The monoisotopic (exact) mass is 402 g/mol. The van der Waals surface area contributed by atoms with Crippen molar-refractivity contribution in [2.75, 3.05) is 26.2 Å². The van der Waals surface area contributed by atoms with Crippen molar-refractivity contribution in [3.63, 3.8) is 0 Å². The van der Waals surface area contributed by atoms with E-state index in [4.69, 9.17) is 0 Å². The standard InChI is InChI=1S/C24H34N2O.ClH/c27-23(15-19-9-10-19)26-17-21-7-3-4-8-22(21)24(18-26)11-13-25(14-12-24)16-20-5-1-2-6-20;/h3-4,7-8,19-20H,1-2,5-6,9-18H2;1H. The van der Waals surface area contributed by atoms with Crippen LogP contribution >= 0.6 is 12.4 Å². The molecule has 4 aliphatic rings. The van der Waals surface area contributed by atoms with Crippen LogP contribution < -0.4 is 0 Å². The number of fused-ring (bicyclic) bond motifs is 2. The quantitative estimate of drug-likeness (QED) is 0.723. The highest BCUT2D eigenvalue weighted by molar-refractivity contribution is 5.85.